The van der Waals surface area contributed by atoms with Crippen LogP contribution in [0.15, 0.2) is 24.4 Å². The number of benzene rings is 1. The van der Waals surface area contributed by atoms with E-state index in [9.17, 15) is 4.39 Å². The molecule has 21 heavy (non-hydrogen) atoms. The fourth-order valence-electron chi connectivity index (χ4n) is 2.77. The average Bonchev–Trinajstić information content (AvgIpc) is 3.12. The maximum atomic E-state index is 14.2. The molecule has 1 saturated heterocycles. The number of halogens is 1. The van der Waals surface area contributed by atoms with E-state index in [-0.39, 0.29) is 5.82 Å². The summed E-state index contributed by atoms with van der Waals surface area (Å²) in [7, 11) is 0. The van der Waals surface area contributed by atoms with E-state index < -0.39 is 0 Å². The number of nitrogens with one attached hydrogen (secondary N) is 1. The monoisotopic (exact) mass is 305 g/mol. The molecule has 0 spiro atoms. The molecule has 1 aromatic heterocycles. The Kier molecular flexibility index (Phi) is 4.51. The van der Waals surface area contributed by atoms with Crippen molar-refractivity contribution in [2.24, 2.45) is 0 Å². The average molecular weight is 305 g/mol. The van der Waals surface area contributed by atoms with Crippen molar-refractivity contribution in [3.8, 4) is 0 Å². The molecule has 0 unspecified atom stereocenters. The predicted molar refractivity (Wildman–Crippen MR) is 85.2 cm³/mol. The molecule has 0 saturated carbocycles. The number of thiazole rings is 1. The molecule has 0 atom stereocenters. The number of aromatic nitrogens is 1. The molecule has 0 bridgehead atoms. The molecular weight excluding hydrogens is 285 g/mol. The normalized spacial score (nSPS) is 14.9. The summed E-state index contributed by atoms with van der Waals surface area (Å²) in [4.78, 5) is 7.71. The summed E-state index contributed by atoms with van der Waals surface area (Å²) in [6.45, 7) is 5.35. The first kappa shape index (κ1) is 14.5. The molecule has 1 aromatic carbocycles. The zero-order valence-electron chi connectivity index (χ0n) is 12.2. The molecular formula is C16H20FN3S. The topological polar surface area (TPSA) is 28.2 Å². The molecule has 112 valence electrons. The number of hydrogen-bond donors (Lipinski definition) is 1. The lowest BCUT2D eigenvalue weighted by molar-refractivity contribution is 0.588. The van der Waals surface area contributed by atoms with Gasteiger partial charge in [0, 0.05) is 48.5 Å². The minimum atomic E-state index is -0.118. The van der Waals surface area contributed by atoms with Crippen molar-refractivity contribution in [1.29, 1.82) is 0 Å². The zero-order chi connectivity index (χ0) is 14.7. The largest absolute Gasteiger partial charge is 0.371 e. The highest BCUT2D eigenvalue weighted by atomic mass is 32.1. The van der Waals surface area contributed by atoms with Crippen LogP contribution in [-0.4, -0.2) is 18.1 Å². The van der Waals surface area contributed by atoms with Crippen molar-refractivity contribution in [2.45, 2.75) is 32.9 Å². The maximum absolute atomic E-state index is 14.2. The van der Waals surface area contributed by atoms with Crippen LogP contribution >= 0.6 is 11.3 Å². The van der Waals surface area contributed by atoms with Crippen LogP contribution in [0.1, 0.15) is 28.3 Å². The van der Waals surface area contributed by atoms with Gasteiger partial charge >= 0.3 is 0 Å². The van der Waals surface area contributed by atoms with Crippen molar-refractivity contribution in [3.05, 3.63) is 45.7 Å². The van der Waals surface area contributed by atoms with Gasteiger partial charge in [0.25, 0.3) is 0 Å². The van der Waals surface area contributed by atoms with Crippen molar-refractivity contribution >= 4 is 17.0 Å². The quantitative estimate of drug-likeness (QED) is 0.916. The second kappa shape index (κ2) is 6.54. The lowest BCUT2D eigenvalue weighted by Crippen LogP contribution is -2.22. The number of anilines is 1. The smallest absolute Gasteiger partial charge is 0.129 e. The van der Waals surface area contributed by atoms with Gasteiger partial charge in [0.05, 0.1) is 5.01 Å². The third kappa shape index (κ3) is 3.41. The molecule has 0 radical (unpaired) electrons. The number of aryl methyl sites for hydroxylation is 1. The van der Waals surface area contributed by atoms with E-state index in [1.165, 1.54) is 17.7 Å². The molecule has 3 rings (SSSR count). The van der Waals surface area contributed by atoms with E-state index in [0.717, 1.165) is 35.9 Å². The predicted octanol–water partition coefficient (Wildman–Crippen LogP) is 3.48. The Balaban J connectivity index is 1.69. The SMILES string of the molecule is Cc1ncc(CNCc2c(F)cccc2N2CCCC2)s1. The Bertz CT molecular complexity index is 605. The van der Waals surface area contributed by atoms with Crippen LogP contribution in [0, 0.1) is 12.7 Å². The Hall–Kier alpha value is -1.46. The van der Waals surface area contributed by atoms with Gasteiger partial charge in [0.15, 0.2) is 0 Å². The maximum Gasteiger partial charge on any atom is 0.129 e. The summed E-state index contributed by atoms with van der Waals surface area (Å²) in [5.74, 6) is -0.118. The van der Waals surface area contributed by atoms with Gasteiger partial charge in [-0.3, -0.25) is 0 Å². The van der Waals surface area contributed by atoms with Gasteiger partial charge in [-0.05, 0) is 31.9 Å². The van der Waals surface area contributed by atoms with Gasteiger partial charge in [-0.2, -0.15) is 0 Å². The molecule has 1 fully saturated rings. The Morgan fingerprint density at radius 2 is 2.10 bits per heavy atom. The van der Waals surface area contributed by atoms with Crippen LogP contribution in [-0.2, 0) is 13.1 Å². The Morgan fingerprint density at radius 3 is 2.81 bits per heavy atom. The minimum absolute atomic E-state index is 0.118. The third-order valence-corrected chi connectivity index (χ3v) is 4.72. The van der Waals surface area contributed by atoms with Gasteiger partial charge < -0.3 is 10.2 Å². The lowest BCUT2D eigenvalue weighted by Gasteiger charge is -2.22. The third-order valence-electron chi connectivity index (χ3n) is 3.81. The molecule has 2 aromatic rings. The summed E-state index contributed by atoms with van der Waals surface area (Å²) in [5, 5.41) is 4.40. The fraction of sp³-hybridized carbons (Fsp3) is 0.438. The van der Waals surface area contributed by atoms with Crippen LogP contribution in [0.25, 0.3) is 0 Å². The van der Waals surface area contributed by atoms with Crippen LogP contribution in [0.5, 0.6) is 0 Å². The first-order valence-corrected chi connectivity index (χ1v) is 8.20. The molecule has 2 heterocycles. The van der Waals surface area contributed by atoms with E-state index in [1.807, 2.05) is 19.2 Å². The van der Waals surface area contributed by atoms with Crippen LogP contribution in [0.4, 0.5) is 10.1 Å². The summed E-state index contributed by atoms with van der Waals surface area (Å²) < 4.78 is 14.2. The minimum Gasteiger partial charge on any atom is -0.371 e. The van der Waals surface area contributed by atoms with Crippen molar-refractivity contribution in [2.75, 3.05) is 18.0 Å². The highest BCUT2D eigenvalue weighted by Crippen LogP contribution is 2.26. The summed E-state index contributed by atoms with van der Waals surface area (Å²) >= 11 is 1.68. The zero-order valence-corrected chi connectivity index (χ0v) is 13.0. The van der Waals surface area contributed by atoms with Crippen molar-refractivity contribution < 1.29 is 4.39 Å². The van der Waals surface area contributed by atoms with E-state index >= 15 is 0 Å². The highest BCUT2D eigenvalue weighted by molar-refractivity contribution is 7.11. The first-order chi connectivity index (χ1) is 10.2. The van der Waals surface area contributed by atoms with Gasteiger partial charge in [-0.15, -0.1) is 11.3 Å². The molecule has 1 aliphatic rings. The van der Waals surface area contributed by atoms with Gasteiger partial charge in [0.1, 0.15) is 5.82 Å². The fourth-order valence-corrected chi connectivity index (χ4v) is 3.54. The summed E-state index contributed by atoms with van der Waals surface area (Å²) in [5.41, 5.74) is 1.82. The summed E-state index contributed by atoms with van der Waals surface area (Å²) in [6, 6.07) is 5.38. The standard InChI is InChI=1S/C16H20FN3S/c1-12-19-10-13(21-12)9-18-11-14-15(17)5-4-6-16(14)20-7-2-3-8-20/h4-6,10,18H,2-3,7-9,11H2,1H3. The molecule has 5 heteroatoms. The number of hydrogen-bond acceptors (Lipinski definition) is 4. The first-order valence-electron chi connectivity index (χ1n) is 7.38. The lowest BCUT2D eigenvalue weighted by atomic mass is 10.1. The summed E-state index contributed by atoms with van der Waals surface area (Å²) in [6.07, 6.45) is 4.28. The molecule has 3 nitrogen and oxygen atoms in total. The molecule has 0 amide bonds. The van der Waals surface area contributed by atoms with Gasteiger partial charge in [-0.25, -0.2) is 9.37 Å². The van der Waals surface area contributed by atoms with Crippen molar-refractivity contribution in [1.82, 2.24) is 10.3 Å². The van der Waals surface area contributed by atoms with Crippen LogP contribution < -0.4 is 10.2 Å². The van der Waals surface area contributed by atoms with E-state index in [2.05, 4.69) is 15.2 Å². The van der Waals surface area contributed by atoms with Crippen LogP contribution in [0.2, 0.25) is 0 Å². The highest BCUT2D eigenvalue weighted by Gasteiger charge is 2.17. The van der Waals surface area contributed by atoms with E-state index in [0.29, 0.717) is 6.54 Å². The second-order valence-corrected chi connectivity index (χ2v) is 6.70. The molecule has 0 aliphatic carbocycles. The number of nitrogens with zero attached hydrogens (tertiary/aromatic N) is 2. The molecule has 1 aliphatic heterocycles. The second-order valence-electron chi connectivity index (χ2n) is 5.38. The van der Waals surface area contributed by atoms with Crippen molar-refractivity contribution in [3.63, 3.8) is 0 Å². The Labute approximate surface area is 128 Å². The van der Waals surface area contributed by atoms with E-state index in [4.69, 9.17) is 0 Å². The Morgan fingerprint density at radius 1 is 1.29 bits per heavy atom. The van der Waals surface area contributed by atoms with Crippen LogP contribution in [0.3, 0.4) is 0 Å². The van der Waals surface area contributed by atoms with Gasteiger partial charge in [0.2, 0.25) is 0 Å². The van der Waals surface area contributed by atoms with E-state index in [1.54, 1.807) is 23.5 Å². The number of rotatable bonds is 5. The van der Waals surface area contributed by atoms with Gasteiger partial charge in [-0.1, -0.05) is 6.07 Å². The molecule has 1 N–H and O–H groups in total.